The van der Waals surface area contributed by atoms with Gasteiger partial charge in [0.1, 0.15) is 5.75 Å². The summed E-state index contributed by atoms with van der Waals surface area (Å²) in [5, 5.41) is 0. The number of ether oxygens (including phenoxy) is 1. The molecule has 0 bridgehead atoms. The molecule has 1 atom stereocenters. The van der Waals surface area contributed by atoms with E-state index >= 15 is 0 Å². The van der Waals surface area contributed by atoms with Gasteiger partial charge in [-0.25, -0.2) is 0 Å². The molecule has 0 saturated heterocycles. The van der Waals surface area contributed by atoms with Crippen molar-refractivity contribution < 1.29 is 4.74 Å². The average Bonchev–Trinajstić information content (AvgIpc) is 2.72. The maximum absolute atomic E-state index is 5.35. The summed E-state index contributed by atoms with van der Waals surface area (Å²) in [6.07, 6.45) is 0. The van der Waals surface area contributed by atoms with Gasteiger partial charge in [-0.2, -0.15) is 0 Å². The van der Waals surface area contributed by atoms with Crippen LogP contribution in [0.5, 0.6) is 5.75 Å². The van der Waals surface area contributed by atoms with Gasteiger partial charge in [0, 0.05) is 18.8 Å². The van der Waals surface area contributed by atoms with E-state index in [-0.39, 0.29) is 6.04 Å². The smallest absolute Gasteiger partial charge is 0.119 e. The van der Waals surface area contributed by atoms with Crippen molar-refractivity contribution in [1.82, 2.24) is 4.90 Å². The zero-order valence-electron chi connectivity index (χ0n) is 16.4. The fourth-order valence-corrected chi connectivity index (χ4v) is 3.34. The van der Waals surface area contributed by atoms with Crippen molar-refractivity contribution in [3.63, 3.8) is 0 Å². The third-order valence-corrected chi connectivity index (χ3v) is 4.70. The Labute approximate surface area is 162 Å². The molecule has 3 aromatic rings. The highest BCUT2D eigenvalue weighted by atomic mass is 16.5. The third-order valence-electron chi connectivity index (χ3n) is 4.70. The summed E-state index contributed by atoms with van der Waals surface area (Å²) < 4.78 is 5.35. The van der Waals surface area contributed by atoms with Crippen LogP contribution in [-0.4, -0.2) is 32.6 Å². The van der Waals surface area contributed by atoms with E-state index in [4.69, 9.17) is 4.74 Å². The molecule has 0 aliphatic carbocycles. The Morgan fingerprint density at radius 3 is 1.93 bits per heavy atom. The van der Waals surface area contributed by atoms with E-state index < -0.39 is 0 Å². The second kappa shape index (κ2) is 9.24. The number of hydrogen-bond acceptors (Lipinski definition) is 3. The van der Waals surface area contributed by atoms with Crippen molar-refractivity contribution in [1.29, 1.82) is 0 Å². The lowest BCUT2D eigenvalue weighted by Crippen LogP contribution is -2.35. The highest BCUT2D eigenvalue weighted by Gasteiger charge is 2.22. The molecule has 0 N–H and O–H groups in total. The van der Waals surface area contributed by atoms with Crippen LogP contribution in [0.3, 0.4) is 0 Å². The summed E-state index contributed by atoms with van der Waals surface area (Å²) in [5.74, 6) is 0.877. The van der Waals surface area contributed by atoms with Crippen LogP contribution in [-0.2, 0) is 6.54 Å². The van der Waals surface area contributed by atoms with Crippen LogP contribution in [0.2, 0.25) is 0 Å². The van der Waals surface area contributed by atoms with Gasteiger partial charge in [0.2, 0.25) is 0 Å². The van der Waals surface area contributed by atoms with Gasteiger partial charge < -0.3 is 14.5 Å². The highest BCUT2D eigenvalue weighted by Crippen LogP contribution is 2.31. The van der Waals surface area contributed by atoms with Crippen LogP contribution in [0.15, 0.2) is 84.9 Å². The van der Waals surface area contributed by atoms with Crippen molar-refractivity contribution >= 4 is 5.69 Å². The van der Waals surface area contributed by atoms with Crippen molar-refractivity contribution in [2.45, 2.75) is 12.6 Å². The molecule has 140 valence electrons. The Balaban J connectivity index is 2.01. The lowest BCUT2D eigenvalue weighted by atomic mass is 10.0. The number of hydrogen-bond donors (Lipinski definition) is 0. The lowest BCUT2D eigenvalue weighted by Gasteiger charge is -2.36. The second-order valence-electron chi connectivity index (χ2n) is 7.00. The predicted octanol–water partition coefficient (Wildman–Crippen LogP) is 5.00. The van der Waals surface area contributed by atoms with Crippen LogP contribution < -0.4 is 9.64 Å². The zero-order valence-corrected chi connectivity index (χ0v) is 16.4. The van der Waals surface area contributed by atoms with E-state index in [0.29, 0.717) is 0 Å². The Kier molecular flexibility index (Phi) is 6.50. The quantitative estimate of drug-likeness (QED) is 0.562. The Hall–Kier alpha value is -2.78. The van der Waals surface area contributed by atoms with Crippen LogP contribution in [0, 0.1) is 0 Å². The minimum atomic E-state index is 0.245. The van der Waals surface area contributed by atoms with Crippen molar-refractivity contribution in [3.8, 4) is 5.75 Å². The number of anilines is 1. The standard InChI is InChI=1S/C24H28N2O/c1-25(2)19-24(21-12-8-5-9-13-21)26(18-20-10-6-4-7-11-20)22-14-16-23(27-3)17-15-22/h4-17,24H,18-19H2,1-3H3. The first-order valence-corrected chi connectivity index (χ1v) is 9.31. The molecule has 0 heterocycles. The molecule has 0 saturated carbocycles. The van der Waals surface area contributed by atoms with E-state index in [2.05, 4.69) is 96.7 Å². The molecular weight excluding hydrogens is 332 g/mol. The molecular formula is C24H28N2O. The number of methoxy groups -OCH3 is 1. The Morgan fingerprint density at radius 2 is 1.37 bits per heavy atom. The van der Waals surface area contributed by atoms with E-state index in [1.54, 1.807) is 7.11 Å². The predicted molar refractivity (Wildman–Crippen MR) is 113 cm³/mol. The largest absolute Gasteiger partial charge is 0.497 e. The molecule has 1 unspecified atom stereocenters. The monoisotopic (exact) mass is 360 g/mol. The summed E-state index contributed by atoms with van der Waals surface area (Å²) >= 11 is 0. The minimum Gasteiger partial charge on any atom is -0.497 e. The fraction of sp³-hybridized carbons (Fsp3) is 0.250. The first-order valence-electron chi connectivity index (χ1n) is 9.31. The molecule has 0 amide bonds. The molecule has 3 heteroatoms. The van der Waals surface area contributed by atoms with Gasteiger partial charge in [-0.15, -0.1) is 0 Å². The highest BCUT2D eigenvalue weighted by molar-refractivity contribution is 5.52. The van der Waals surface area contributed by atoms with Crippen molar-refractivity contribution in [3.05, 3.63) is 96.1 Å². The summed E-state index contributed by atoms with van der Waals surface area (Å²) in [7, 11) is 5.96. The maximum atomic E-state index is 5.35. The molecule has 0 aliphatic rings. The SMILES string of the molecule is COc1ccc(N(Cc2ccccc2)C(CN(C)C)c2ccccc2)cc1. The molecule has 0 fully saturated rings. The molecule has 0 spiro atoms. The van der Waals surface area contributed by atoms with Crippen molar-refractivity contribution in [2.24, 2.45) is 0 Å². The number of nitrogens with zero attached hydrogens (tertiary/aromatic N) is 2. The van der Waals surface area contributed by atoms with Gasteiger partial charge in [0.15, 0.2) is 0 Å². The van der Waals surface area contributed by atoms with Gasteiger partial charge in [-0.05, 0) is 49.5 Å². The van der Waals surface area contributed by atoms with Crippen molar-refractivity contribution in [2.75, 3.05) is 32.6 Å². The van der Waals surface area contributed by atoms with E-state index in [0.717, 1.165) is 18.8 Å². The fourth-order valence-electron chi connectivity index (χ4n) is 3.34. The first-order chi connectivity index (χ1) is 13.2. The van der Waals surface area contributed by atoms with E-state index in [1.165, 1.54) is 16.8 Å². The zero-order chi connectivity index (χ0) is 19.1. The van der Waals surface area contributed by atoms with Gasteiger partial charge in [-0.1, -0.05) is 60.7 Å². The van der Waals surface area contributed by atoms with Gasteiger partial charge in [0.25, 0.3) is 0 Å². The Morgan fingerprint density at radius 1 is 0.778 bits per heavy atom. The van der Waals surface area contributed by atoms with Gasteiger partial charge in [-0.3, -0.25) is 0 Å². The molecule has 0 aliphatic heterocycles. The summed E-state index contributed by atoms with van der Waals surface area (Å²) in [6, 6.07) is 30.0. The van der Waals surface area contributed by atoms with Crippen LogP contribution in [0.1, 0.15) is 17.2 Å². The third kappa shape index (κ3) is 5.11. The van der Waals surface area contributed by atoms with Crippen LogP contribution >= 0.6 is 0 Å². The van der Waals surface area contributed by atoms with Crippen LogP contribution in [0.4, 0.5) is 5.69 Å². The van der Waals surface area contributed by atoms with Gasteiger partial charge in [0.05, 0.1) is 13.2 Å². The molecule has 0 radical (unpaired) electrons. The van der Waals surface area contributed by atoms with Gasteiger partial charge >= 0.3 is 0 Å². The lowest BCUT2D eigenvalue weighted by molar-refractivity contribution is 0.363. The Bertz CT molecular complexity index is 801. The topological polar surface area (TPSA) is 15.7 Å². The average molecular weight is 361 g/mol. The maximum Gasteiger partial charge on any atom is 0.119 e. The normalized spacial score (nSPS) is 12.0. The molecule has 27 heavy (non-hydrogen) atoms. The first kappa shape index (κ1) is 19.0. The van der Waals surface area contributed by atoms with Crippen LogP contribution in [0.25, 0.3) is 0 Å². The molecule has 3 rings (SSSR count). The number of rotatable bonds is 8. The summed E-state index contributed by atoms with van der Waals surface area (Å²) in [4.78, 5) is 4.73. The van der Waals surface area contributed by atoms with E-state index in [9.17, 15) is 0 Å². The minimum absolute atomic E-state index is 0.245. The van der Waals surface area contributed by atoms with E-state index in [1.807, 2.05) is 12.1 Å². The second-order valence-corrected chi connectivity index (χ2v) is 7.00. The molecule has 3 nitrogen and oxygen atoms in total. The molecule has 3 aromatic carbocycles. The summed E-state index contributed by atoms with van der Waals surface area (Å²) in [6.45, 7) is 1.78. The summed E-state index contributed by atoms with van der Waals surface area (Å²) in [5.41, 5.74) is 3.81. The molecule has 0 aromatic heterocycles. The number of benzene rings is 3. The number of likely N-dealkylation sites (N-methyl/N-ethyl adjacent to an activating group) is 1.